The summed E-state index contributed by atoms with van der Waals surface area (Å²) in [5, 5.41) is 10.4. The summed E-state index contributed by atoms with van der Waals surface area (Å²) in [5.74, 6) is 0.802. The van der Waals surface area contributed by atoms with Crippen LogP contribution in [0.4, 0.5) is 0 Å². The molecule has 21 heavy (non-hydrogen) atoms. The van der Waals surface area contributed by atoms with Gasteiger partial charge in [-0.05, 0) is 49.4 Å². The van der Waals surface area contributed by atoms with Gasteiger partial charge in [0.25, 0.3) is 0 Å². The molecule has 1 aliphatic carbocycles. The van der Waals surface area contributed by atoms with Gasteiger partial charge in [-0.3, -0.25) is 0 Å². The first-order valence-corrected chi connectivity index (χ1v) is 9.49. The van der Waals surface area contributed by atoms with Crippen LogP contribution in [0.3, 0.4) is 0 Å². The van der Waals surface area contributed by atoms with E-state index in [1.165, 1.54) is 19.1 Å². The Labute approximate surface area is 127 Å². The van der Waals surface area contributed by atoms with Crippen LogP contribution in [-0.2, 0) is 9.84 Å². The Hall–Kier alpha value is -0.910. The molecule has 1 aliphatic rings. The zero-order valence-corrected chi connectivity index (χ0v) is 13.6. The maximum Gasteiger partial charge on any atom is 0.175 e. The van der Waals surface area contributed by atoms with E-state index in [2.05, 4.69) is 11.8 Å². The lowest BCUT2D eigenvalue weighted by molar-refractivity contribution is 0.110. The molecule has 2 rings (SSSR count). The molecule has 5 heteroatoms. The number of aliphatic hydroxyl groups is 1. The summed E-state index contributed by atoms with van der Waals surface area (Å²) in [6, 6.07) is 6.56. The summed E-state index contributed by atoms with van der Waals surface area (Å²) >= 11 is 0. The number of aliphatic hydroxyl groups excluding tert-OH is 1. The minimum Gasteiger partial charge on any atom is -0.387 e. The predicted octanol–water partition coefficient (Wildman–Crippen LogP) is 2.25. The summed E-state index contributed by atoms with van der Waals surface area (Å²) in [5.41, 5.74) is 0.777. The summed E-state index contributed by atoms with van der Waals surface area (Å²) in [7, 11) is -3.18. The fourth-order valence-electron chi connectivity index (χ4n) is 2.53. The third-order valence-electron chi connectivity index (χ3n) is 3.88. The van der Waals surface area contributed by atoms with Crippen LogP contribution in [0, 0.1) is 5.92 Å². The van der Waals surface area contributed by atoms with E-state index in [1.54, 1.807) is 24.3 Å². The predicted molar refractivity (Wildman–Crippen MR) is 84.0 cm³/mol. The number of benzene rings is 1. The maximum absolute atomic E-state index is 11.4. The second-order valence-electron chi connectivity index (χ2n) is 6.06. The topological polar surface area (TPSA) is 57.6 Å². The van der Waals surface area contributed by atoms with Gasteiger partial charge in [0.2, 0.25) is 0 Å². The van der Waals surface area contributed by atoms with Gasteiger partial charge in [0, 0.05) is 19.3 Å². The van der Waals surface area contributed by atoms with Crippen LogP contribution in [-0.4, -0.2) is 44.3 Å². The molecule has 4 nitrogen and oxygen atoms in total. The Morgan fingerprint density at radius 1 is 1.29 bits per heavy atom. The van der Waals surface area contributed by atoms with Gasteiger partial charge in [-0.25, -0.2) is 8.42 Å². The van der Waals surface area contributed by atoms with Crippen LogP contribution >= 0.6 is 0 Å². The number of nitrogens with zero attached hydrogens (tertiary/aromatic N) is 1. The molecule has 0 amide bonds. The second kappa shape index (κ2) is 6.90. The molecule has 1 atom stereocenters. The molecule has 1 fully saturated rings. The average Bonchev–Trinajstić information content (AvgIpc) is 3.22. The molecule has 1 aromatic carbocycles. The number of hydrogen-bond donors (Lipinski definition) is 1. The van der Waals surface area contributed by atoms with Gasteiger partial charge >= 0.3 is 0 Å². The molecule has 0 saturated heterocycles. The molecule has 1 aromatic rings. The van der Waals surface area contributed by atoms with Crippen molar-refractivity contribution in [1.82, 2.24) is 4.90 Å². The summed E-state index contributed by atoms with van der Waals surface area (Å²) in [6.07, 6.45) is 4.31. The molecule has 1 saturated carbocycles. The smallest absolute Gasteiger partial charge is 0.175 e. The van der Waals surface area contributed by atoms with Crippen LogP contribution in [0.1, 0.15) is 37.9 Å². The maximum atomic E-state index is 11.4. The van der Waals surface area contributed by atoms with Gasteiger partial charge in [-0.15, -0.1) is 0 Å². The minimum absolute atomic E-state index is 0.293. The van der Waals surface area contributed by atoms with Gasteiger partial charge < -0.3 is 10.0 Å². The zero-order valence-electron chi connectivity index (χ0n) is 12.8. The Morgan fingerprint density at radius 2 is 1.90 bits per heavy atom. The summed E-state index contributed by atoms with van der Waals surface area (Å²) in [6.45, 7) is 4.82. The molecule has 1 N–H and O–H groups in total. The van der Waals surface area contributed by atoms with E-state index < -0.39 is 15.9 Å². The largest absolute Gasteiger partial charge is 0.387 e. The summed E-state index contributed by atoms with van der Waals surface area (Å²) in [4.78, 5) is 2.61. The molecule has 0 aromatic heterocycles. The van der Waals surface area contributed by atoms with Gasteiger partial charge in [0.15, 0.2) is 9.84 Å². The number of rotatable bonds is 8. The third-order valence-corrected chi connectivity index (χ3v) is 5.01. The van der Waals surface area contributed by atoms with Crippen LogP contribution in [0.2, 0.25) is 0 Å². The molecule has 0 radical (unpaired) electrons. The monoisotopic (exact) mass is 311 g/mol. The highest BCUT2D eigenvalue weighted by Crippen LogP contribution is 2.30. The minimum atomic E-state index is -3.18. The lowest BCUT2D eigenvalue weighted by Crippen LogP contribution is -2.31. The van der Waals surface area contributed by atoms with Gasteiger partial charge in [0.1, 0.15) is 0 Å². The second-order valence-corrected chi connectivity index (χ2v) is 8.08. The van der Waals surface area contributed by atoms with Crippen LogP contribution in [0.5, 0.6) is 0 Å². The number of sulfone groups is 1. The van der Waals surface area contributed by atoms with E-state index in [-0.39, 0.29) is 0 Å². The van der Waals surface area contributed by atoms with Crippen molar-refractivity contribution in [2.75, 3.05) is 25.9 Å². The van der Waals surface area contributed by atoms with Crippen molar-refractivity contribution in [2.24, 2.45) is 5.92 Å². The SMILES string of the molecule is CCCN(CC1CC1)CC(O)c1ccc(S(C)(=O)=O)cc1. The molecule has 1 unspecified atom stereocenters. The first-order valence-electron chi connectivity index (χ1n) is 7.60. The van der Waals surface area contributed by atoms with Crippen molar-refractivity contribution in [3.63, 3.8) is 0 Å². The lowest BCUT2D eigenvalue weighted by atomic mass is 10.1. The fourth-order valence-corrected chi connectivity index (χ4v) is 3.16. The number of hydrogen-bond acceptors (Lipinski definition) is 4. The Bertz CT molecular complexity index is 549. The summed E-state index contributed by atoms with van der Waals surface area (Å²) < 4.78 is 22.9. The fraction of sp³-hybridized carbons (Fsp3) is 0.625. The van der Waals surface area contributed by atoms with Crippen LogP contribution in [0.15, 0.2) is 29.2 Å². The molecule has 0 aliphatic heterocycles. The van der Waals surface area contributed by atoms with Crippen molar-refractivity contribution in [3.8, 4) is 0 Å². The van der Waals surface area contributed by atoms with E-state index in [0.717, 1.165) is 31.0 Å². The molecular weight excluding hydrogens is 286 g/mol. The van der Waals surface area contributed by atoms with E-state index in [1.807, 2.05) is 0 Å². The highest BCUT2D eigenvalue weighted by atomic mass is 32.2. The highest BCUT2D eigenvalue weighted by Gasteiger charge is 2.25. The van der Waals surface area contributed by atoms with E-state index in [4.69, 9.17) is 0 Å². The van der Waals surface area contributed by atoms with Crippen LogP contribution in [0.25, 0.3) is 0 Å². The van der Waals surface area contributed by atoms with Crippen LogP contribution < -0.4 is 0 Å². The Balaban J connectivity index is 1.99. The van der Waals surface area contributed by atoms with Gasteiger partial charge in [-0.1, -0.05) is 19.1 Å². The van der Waals surface area contributed by atoms with Crippen molar-refractivity contribution < 1.29 is 13.5 Å². The third kappa shape index (κ3) is 5.09. The first kappa shape index (κ1) is 16.5. The molecule has 0 bridgehead atoms. The van der Waals surface area contributed by atoms with Gasteiger partial charge in [-0.2, -0.15) is 0 Å². The molecular formula is C16H25NO3S. The van der Waals surface area contributed by atoms with Crippen molar-refractivity contribution >= 4 is 9.84 Å². The van der Waals surface area contributed by atoms with E-state index in [9.17, 15) is 13.5 Å². The van der Waals surface area contributed by atoms with Crippen molar-refractivity contribution in [1.29, 1.82) is 0 Å². The Kier molecular flexibility index (Phi) is 5.41. The van der Waals surface area contributed by atoms with E-state index in [0.29, 0.717) is 11.4 Å². The first-order chi connectivity index (χ1) is 9.90. The van der Waals surface area contributed by atoms with Gasteiger partial charge in [0.05, 0.1) is 11.0 Å². The molecule has 0 heterocycles. The Morgan fingerprint density at radius 3 is 2.38 bits per heavy atom. The highest BCUT2D eigenvalue weighted by molar-refractivity contribution is 7.90. The van der Waals surface area contributed by atoms with Crippen molar-refractivity contribution in [2.45, 2.75) is 37.2 Å². The lowest BCUT2D eigenvalue weighted by Gasteiger charge is -2.24. The molecule has 118 valence electrons. The quantitative estimate of drug-likeness (QED) is 0.800. The van der Waals surface area contributed by atoms with Crippen molar-refractivity contribution in [3.05, 3.63) is 29.8 Å². The van der Waals surface area contributed by atoms with E-state index >= 15 is 0 Å². The zero-order chi connectivity index (χ0) is 15.5. The average molecular weight is 311 g/mol. The normalized spacial score (nSPS) is 17.1. The molecule has 0 spiro atoms. The standard InChI is InChI=1S/C16H25NO3S/c1-3-10-17(11-13-4-5-13)12-16(18)14-6-8-15(9-7-14)21(2,19)20/h6-9,13,16,18H,3-5,10-12H2,1-2H3.